The van der Waals surface area contributed by atoms with Gasteiger partial charge in [-0.05, 0) is 25.0 Å². The van der Waals surface area contributed by atoms with Crippen molar-refractivity contribution in [2.45, 2.75) is 31.2 Å². The number of hydrogen-bond acceptors (Lipinski definition) is 3. The van der Waals surface area contributed by atoms with Gasteiger partial charge in [0.1, 0.15) is 6.10 Å². The molecule has 2 fully saturated rings. The molecule has 0 aromatic heterocycles. The number of morpholine rings is 1. The summed E-state index contributed by atoms with van der Waals surface area (Å²) < 4.78 is 50.4. The van der Waals surface area contributed by atoms with Gasteiger partial charge in [-0.3, -0.25) is 4.79 Å². The number of amides is 1. The topological polar surface area (TPSA) is 38.8 Å². The molecule has 2 atom stereocenters. The number of benzene rings is 1. The van der Waals surface area contributed by atoms with E-state index in [1.807, 2.05) is 0 Å². The Labute approximate surface area is 132 Å². The summed E-state index contributed by atoms with van der Waals surface area (Å²) in [5.41, 5.74) is -1.21. The van der Waals surface area contributed by atoms with Crippen molar-refractivity contribution in [3.8, 4) is 0 Å². The van der Waals surface area contributed by atoms with Crippen LogP contribution < -0.4 is 0 Å². The third-order valence-electron chi connectivity index (χ3n) is 4.22. The molecular weight excluding hydrogens is 311 g/mol. The monoisotopic (exact) mass is 329 g/mol. The number of hydrogen-bond donors (Lipinski definition) is 0. The maximum absolute atomic E-state index is 13.1. The summed E-state index contributed by atoms with van der Waals surface area (Å²) >= 11 is 0. The molecule has 2 aliphatic heterocycles. The van der Waals surface area contributed by atoms with Gasteiger partial charge in [-0.15, -0.1) is 0 Å². The highest BCUT2D eigenvalue weighted by Gasteiger charge is 2.38. The van der Waals surface area contributed by atoms with Crippen LogP contribution >= 0.6 is 0 Å². The Bertz CT molecular complexity index is 570. The average molecular weight is 329 g/mol. The van der Waals surface area contributed by atoms with E-state index in [2.05, 4.69) is 0 Å². The summed E-state index contributed by atoms with van der Waals surface area (Å²) in [6.07, 6.45) is -3.11. The summed E-state index contributed by atoms with van der Waals surface area (Å²) in [6, 6.07) is 4.89. The van der Waals surface area contributed by atoms with Crippen molar-refractivity contribution in [1.29, 1.82) is 0 Å². The number of nitrogens with zero attached hydrogens (tertiary/aromatic N) is 1. The molecule has 7 heteroatoms. The highest BCUT2D eigenvalue weighted by Crippen LogP contribution is 2.32. The predicted octanol–water partition coefficient (Wildman–Crippen LogP) is 2.73. The fourth-order valence-electron chi connectivity index (χ4n) is 3.07. The van der Waals surface area contributed by atoms with Crippen molar-refractivity contribution < 1.29 is 27.4 Å². The molecule has 126 valence electrons. The third kappa shape index (κ3) is 3.50. The van der Waals surface area contributed by atoms with E-state index in [0.717, 1.165) is 18.9 Å². The number of ether oxygens (including phenoxy) is 2. The lowest BCUT2D eigenvalue weighted by Crippen LogP contribution is -2.50. The first kappa shape index (κ1) is 16.3. The standard InChI is InChI=1S/C16H18F3NO3/c17-16(18,19)12-5-2-1-4-11(12)15(21)20-7-9-23-14(10-20)13-6-3-8-22-13/h1-2,4-5,13-14H,3,6-10H2/t13-,14-/m1/s1. The van der Waals surface area contributed by atoms with Crippen molar-refractivity contribution in [3.05, 3.63) is 35.4 Å². The quantitative estimate of drug-likeness (QED) is 0.837. The van der Waals surface area contributed by atoms with Gasteiger partial charge in [0, 0.05) is 19.7 Å². The summed E-state index contributed by atoms with van der Waals surface area (Å²) in [6.45, 7) is 1.52. The van der Waals surface area contributed by atoms with Gasteiger partial charge in [0.15, 0.2) is 0 Å². The minimum atomic E-state index is -4.55. The van der Waals surface area contributed by atoms with Gasteiger partial charge in [0.05, 0.1) is 23.8 Å². The highest BCUT2D eigenvalue weighted by atomic mass is 19.4. The molecule has 0 N–H and O–H groups in total. The van der Waals surface area contributed by atoms with E-state index in [4.69, 9.17) is 9.47 Å². The lowest BCUT2D eigenvalue weighted by Gasteiger charge is -2.35. The van der Waals surface area contributed by atoms with Crippen LogP contribution in [-0.2, 0) is 15.7 Å². The van der Waals surface area contributed by atoms with E-state index in [1.54, 1.807) is 0 Å². The normalized spacial score (nSPS) is 25.6. The minimum Gasteiger partial charge on any atom is -0.375 e. The van der Waals surface area contributed by atoms with Gasteiger partial charge in [-0.25, -0.2) is 0 Å². The first-order valence-electron chi connectivity index (χ1n) is 7.65. The molecule has 1 amide bonds. The minimum absolute atomic E-state index is 0.0801. The van der Waals surface area contributed by atoms with Crippen LogP contribution in [0.4, 0.5) is 13.2 Å². The van der Waals surface area contributed by atoms with Crippen LogP contribution in [0.25, 0.3) is 0 Å². The average Bonchev–Trinajstić information content (AvgIpc) is 3.08. The zero-order chi connectivity index (χ0) is 16.4. The lowest BCUT2D eigenvalue weighted by molar-refractivity contribution is -0.138. The molecule has 2 saturated heterocycles. The van der Waals surface area contributed by atoms with Crippen molar-refractivity contribution in [2.24, 2.45) is 0 Å². The Morgan fingerprint density at radius 3 is 2.57 bits per heavy atom. The molecular formula is C16H18F3NO3. The van der Waals surface area contributed by atoms with E-state index in [9.17, 15) is 18.0 Å². The zero-order valence-electron chi connectivity index (χ0n) is 12.5. The van der Waals surface area contributed by atoms with E-state index < -0.39 is 17.6 Å². The van der Waals surface area contributed by atoms with E-state index in [1.165, 1.54) is 23.1 Å². The molecule has 0 bridgehead atoms. The fourth-order valence-corrected chi connectivity index (χ4v) is 3.07. The number of carbonyl (C=O) groups is 1. The molecule has 1 aromatic rings. The van der Waals surface area contributed by atoms with Crippen LogP contribution in [0.5, 0.6) is 0 Å². The molecule has 0 spiro atoms. The first-order chi connectivity index (χ1) is 11.0. The second-order valence-electron chi connectivity index (χ2n) is 5.76. The molecule has 0 radical (unpaired) electrons. The largest absolute Gasteiger partial charge is 0.417 e. The van der Waals surface area contributed by atoms with Crippen LogP contribution in [0, 0.1) is 0 Å². The van der Waals surface area contributed by atoms with E-state index in [-0.39, 0.29) is 30.9 Å². The van der Waals surface area contributed by atoms with Crippen LogP contribution in [-0.4, -0.2) is 49.3 Å². The third-order valence-corrected chi connectivity index (χ3v) is 4.22. The molecule has 2 aliphatic rings. The second-order valence-corrected chi connectivity index (χ2v) is 5.76. The molecule has 0 saturated carbocycles. The second kappa shape index (κ2) is 6.49. The maximum Gasteiger partial charge on any atom is 0.417 e. The van der Waals surface area contributed by atoms with Crippen molar-refractivity contribution in [1.82, 2.24) is 4.90 Å². The van der Waals surface area contributed by atoms with Gasteiger partial charge in [-0.2, -0.15) is 13.2 Å². The number of rotatable bonds is 2. The number of carbonyl (C=O) groups excluding carboxylic acids is 1. The van der Waals surface area contributed by atoms with Gasteiger partial charge in [-0.1, -0.05) is 12.1 Å². The van der Waals surface area contributed by atoms with Gasteiger partial charge < -0.3 is 14.4 Å². The Morgan fingerprint density at radius 1 is 1.13 bits per heavy atom. The highest BCUT2D eigenvalue weighted by molar-refractivity contribution is 5.96. The molecule has 0 unspecified atom stereocenters. The molecule has 2 heterocycles. The Kier molecular flexibility index (Phi) is 4.59. The Hall–Kier alpha value is -1.60. The summed E-state index contributed by atoms with van der Waals surface area (Å²) in [4.78, 5) is 14.0. The van der Waals surface area contributed by atoms with Crippen LogP contribution in [0.2, 0.25) is 0 Å². The molecule has 3 rings (SSSR count). The zero-order valence-corrected chi connectivity index (χ0v) is 12.5. The molecule has 0 aliphatic carbocycles. The summed E-state index contributed by atoms with van der Waals surface area (Å²) in [5.74, 6) is -0.607. The Balaban J connectivity index is 1.77. The lowest BCUT2D eigenvalue weighted by atomic mass is 10.0. The van der Waals surface area contributed by atoms with Crippen molar-refractivity contribution >= 4 is 5.91 Å². The SMILES string of the molecule is O=C(c1ccccc1C(F)(F)F)N1CCO[C@@H]([C@H]2CCCO2)C1. The van der Waals surface area contributed by atoms with Crippen LogP contribution in [0.1, 0.15) is 28.8 Å². The van der Waals surface area contributed by atoms with Crippen molar-refractivity contribution in [2.75, 3.05) is 26.3 Å². The predicted molar refractivity (Wildman–Crippen MR) is 76.1 cm³/mol. The first-order valence-corrected chi connectivity index (χ1v) is 7.65. The van der Waals surface area contributed by atoms with Crippen LogP contribution in [0.15, 0.2) is 24.3 Å². The molecule has 1 aromatic carbocycles. The van der Waals surface area contributed by atoms with Gasteiger partial charge in [0.25, 0.3) is 5.91 Å². The number of alkyl halides is 3. The Morgan fingerprint density at radius 2 is 1.87 bits per heavy atom. The van der Waals surface area contributed by atoms with E-state index >= 15 is 0 Å². The fraction of sp³-hybridized carbons (Fsp3) is 0.562. The molecule has 4 nitrogen and oxygen atoms in total. The smallest absolute Gasteiger partial charge is 0.375 e. The van der Waals surface area contributed by atoms with Gasteiger partial charge in [0.2, 0.25) is 0 Å². The van der Waals surface area contributed by atoms with Gasteiger partial charge >= 0.3 is 6.18 Å². The maximum atomic E-state index is 13.1. The summed E-state index contributed by atoms with van der Waals surface area (Å²) in [5, 5.41) is 0. The number of halogens is 3. The molecule has 23 heavy (non-hydrogen) atoms. The van der Waals surface area contributed by atoms with Crippen LogP contribution in [0.3, 0.4) is 0 Å². The summed E-state index contributed by atoms with van der Waals surface area (Å²) in [7, 11) is 0. The van der Waals surface area contributed by atoms with E-state index in [0.29, 0.717) is 13.2 Å². The van der Waals surface area contributed by atoms with Crippen molar-refractivity contribution in [3.63, 3.8) is 0 Å².